The summed E-state index contributed by atoms with van der Waals surface area (Å²) < 4.78 is 1.86. The third kappa shape index (κ3) is 2.20. The van der Waals surface area contributed by atoms with Crippen molar-refractivity contribution in [2.75, 3.05) is 11.4 Å². The van der Waals surface area contributed by atoms with Crippen molar-refractivity contribution in [3.63, 3.8) is 0 Å². The fourth-order valence-corrected chi connectivity index (χ4v) is 2.78. The Morgan fingerprint density at radius 2 is 2.11 bits per heavy atom. The molecule has 0 aromatic carbocycles. The van der Waals surface area contributed by atoms with Crippen LogP contribution in [0.2, 0.25) is 0 Å². The van der Waals surface area contributed by atoms with Gasteiger partial charge in [0.2, 0.25) is 0 Å². The van der Waals surface area contributed by atoms with Crippen LogP contribution in [0.15, 0.2) is 18.6 Å². The number of anilines is 1. The van der Waals surface area contributed by atoms with E-state index in [4.69, 9.17) is 0 Å². The molecule has 1 saturated heterocycles. The van der Waals surface area contributed by atoms with Crippen LogP contribution in [0.5, 0.6) is 0 Å². The Bertz CT molecular complexity index is 589. The highest BCUT2D eigenvalue weighted by Gasteiger charge is 2.29. The largest absolute Gasteiger partial charge is 0.348 e. The van der Waals surface area contributed by atoms with E-state index in [1.54, 1.807) is 0 Å². The molecular weight excluding hydrogens is 238 g/mol. The Morgan fingerprint density at radius 3 is 2.84 bits per heavy atom. The van der Waals surface area contributed by atoms with E-state index in [2.05, 4.69) is 26.2 Å². The molecule has 0 amide bonds. The number of hydrogen-bond acceptors (Lipinski definition) is 4. The van der Waals surface area contributed by atoms with Crippen LogP contribution in [-0.2, 0) is 7.05 Å². The van der Waals surface area contributed by atoms with Gasteiger partial charge in [0.15, 0.2) is 5.82 Å². The maximum atomic E-state index is 4.67. The molecule has 1 aliphatic heterocycles. The lowest BCUT2D eigenvalue weighted by molar-refractivity contribution is 0.702. The standard InChI is InChI=1S/C14H19N5/c1-10-7-15-11(2)14(17-10)19-6-4-5-13(19)12-8-16-18(3)9-12/h7-9,13H,4-6H2,1-3H3. The molecule has 5 heteroatoms. The molecule has 1 aliphatic rings. The van der Waals surface area contributed by atoms with Crippen molar-refractivity contribution in [3.05, 3.63) is 35.5 Å². The highest BCUT2D eigenvalue weighted by atomic mass is 15.3. The highest BCUT2D eigenvalue weighted by Crippen LogP contribution is 2.35. The summed E-state index contributed by atoms with van der Waals surface area (Å²) in [5, 5.41) is 4.28. The second-order valence-electron chi connectivity index (χ2n) is 5.22. The molecule has 1 fully saturated rings. The molecule has 2 aromatic rings. The van der Waals surface area contributed by atoms with Gasteiger partial charge < -0.3 is 4.90 Å². The molecule has 3 heterocycles. The van der Waals surface area contributed by atoms with Crippen molar-refractivity contribution in [3.8, 4) is 0 Å². The Hall–Kier alpha value is -1.91. The van der Waals surface area contributed by atoms with Gasteiger partial charge in [-0.25, -0.2) is 4.98 Å². The average molecular weight is 257 g/mol. The third-order valence-corrected chi connectivity index (χ3v) is 3.69. The predicted octanol–water partition coefficient (Wildman–Crippen LogP) is 2.17. The van der Waals surface area contributed by atoms with Gasteiger partial charge in [-0.05, 0) is 26.7 Å². The second kappa shape index (κ2) is 4.64. The fourth-order valence-electron chi connectivity index (χ4n) is 2.78. The second-order valence-corrected chi connectivity index (χ2v) is 5.22. The third-order valence-electron chi connectivity index (χ3n) is 3.69. The highest BCUT2D eigenvalue weighted by molar-refractivity contribution is 5.47. The first-order valence-electron chi connectivity index (χ1n) is 6.70. The summed E-state index contributed by atoms with van der Waals surface area (Å²) in [5.74, 6) is 1.02. The monoisotopic (exact) mass is 257 g/mol. The molecule has 1 atom stereocenters. The smallest absolute Gasteiger partial charge is 0.150 e. The zero-order valence-electron chi connectivity index (χ0n) is 11.7. The van der Waals surface area contributed by atoms with E-state index in [1.807, 2.05) is 38.0 Å². The lowest BCUT2D eigenvalue weighted by Gasteiger charge is -2.26. The van der Waals surface area contributed by atoms with Gasteiger partial charge in [-0.15, -0.1) is 0 Å². The molecule has 0 bridgehead atoms. The van der Waals surface area contributed by atoms with Crippen LogP contribution in [0.1, 0.15) is 35.8 Å². The van der Waals surface area contributed by atoms with E-state index in [1.165, 1.54) is 12.0 Å². The predicted molar refractivity (Wildman–Crippen MR) is 74.0 cm³/mol. The van der Waals surface area contributed by atoms with Crippen molar-refractivity contribution in [1.82, 2.24) is 19.7 Å². The van der Waals surface area contributed by atoms with Crippen LogP contribution < -0.4 is 4.90 Å². The number of aromatic nitrogens is 4. The molecular formula is C14H19N5. The number of nitrogens with zero attached hydrogens (tertiary/aromatic N) is 5. The van der Waals surface area contributed by atoms with Gasteiger partial charge in [0, 0.05) is 31.5 Å². The van der Waals surface area contributed by atoms with Gasteiger partial charge >= 0.3 is 0 Å². The molecule has 2 aromatic heterocycles. The summed E-state index contributed by atoms with van der Waals surface area (Å²) in [5.41, 5.74) is 3.24. The zero-order valence-corrected chi connectivity index (χ0v) is 11.7. The SMILES string of the molecule is Cc1cnc(C)c(N2CCCC2c2cnn(C)c2)n1. The summed E-state index contributed by atoms with van der Waals surface area (Å²) in [6, 6.07) is 0.378. The van der Waals surface area contributed by atoms with Gasteiger partial charge in [0.05, 0.1) is 23.6 Å². The minimum Gasteiger partial charge on any atom is -0.348 e. The van der Waals surface area contributed by atoms with Crippen molar-refractivity contribution < 1.29 is 0 Å². The zero-order chi connectivity index (χ0) is 13.4. The first-order valence-corrected chi connectivity index (χ1v) is 6.70. The van der Waals surface area contributed by atoms with Crippen molar-refractivity contribution >= 4 is 5.82 Å². The summed E-state index contributed by atoms with van der Waals surface area (Å²) in [4.78, 5) is 11.5. The Morgan fingerprint density at radius 1 is 1.26 bits per heavy atom. The molecule has 0 N–H and O–H groups in total. The van der Waals surface area contributed by atoms with Crippen molar-refractivity contribution in [2.45, 2.75) is 32.7 Å². The Kier molecular flexibility index (Phi) is 2.97. The first-order chi connectivity index (χ1) is 9.15. The minimum absolute atomic E-state index is 0.378. The van der Waals surface area contributed by atoms with Crippen LogP contribution in [0.25, 0.3) is 0 Å². The molecule has 5 nitrogen and oxygen atoms in total. The molecule has 0 saturated carbocycles. The Balaban J connectivity index is 1.97. The van der Waals surface area contributed by atoms with Crippen molar-refractivity contribution in [1.29, 1.82) is 0 Å². The van der Waals surface area contributed by atoms with Gasteiger partial charge in [-0.1, -0.05) is 0 Å². The lowest BCUT2D eigenvalue weighted by atomic mass is 10.1. The Labute approximate surface area is 113 Å². The molecule has 0 spiro atoms. The molecule has 3 rings (SSSR count). The van der Waals surface area contributed by atoms with E-state index < -0.39 is 0 Å². The van der Waals surface area contributed by atoms with E-state index in [9.17, 15) is 0 Å². The quantitative estimate of drug-likeness (QED) is 0.827. The van der Waals surface area contributed by atoms with Crippen LogP contribution >= 0.6 is 0 Å². The molecule has 100 valence electrons. The number of aryl methyl sites for hydroxylation is 3. The summed E-state index contributed by atoms with van der Waals surface area (Å²) in [6.45, 7) is 5.06. The summed E-state index contributed by atoms with van der Waals surface area (Å²) in [6.07, 6.45) is 8.23. The lowest BCUT2D eigenvalue weighted by Crippen LogP contribution is -2.24. The van der Waals surface area contributed by atoms with Crippen LogP contribution in [0, 0.1) is 13.8 Å². The normalized spacial score (nSPS) is 19.1. The first kappa shape index (κ1) is 12.1. The topological polar surface area (TPSA) is 46.8 Å². The summed E-state index contributed by atoms with van der Waals surface area (Å²) in [7, 11) is 1.96. The number of hydrogen-bond donors (Lipinski definition) is 0. The van der Waals surface area contributed by atoms with Crippen LogP contribution in [-0.4, -0.2) is 26.3 Å². The van der Waals surface area contributed by atoms with Gasteiger partial charge in [0.25, 0.3) is 0 Å². The minimum atomic E-state index is 0.378. The molecule has 1 unspecified atom stereocenters. The molecule has 0 radical (unpaired) electrons. The number of rotatable bonds is 2. The van der Waals surface area contributed by atoms with Gasteiger partial charge in [-0.2, -0.15) is 5.10 Å². The average Bonchev–Trinajstić information content (AvgIpc) is 3.00. The molecule has 0 aliphatic carbocycles. The van der Waals surface area contributed by atoms with Crippen LogP contribution in [0.4, 0.5) is 5.82 Å². The van der Waals surface area contributed by atoms with E-state index >= 15 is 0 Å². The van der Waals surface area contributed by atoms with Gasteiger partial charge in [0.1, 0.15) is 0 Å². The van der Waals surface area contributed by atoms with Crippen molar-refractivity contribution in [2.24, 2.45) is 7.05 Å². The van der Waals surface area contributed by atoms with E-state index in [-0.39, 0.29) is 0 Å². The van der Waals surface area contributed by atoms with E-state index in [0.717, 1.165) is 30.2 Å². The van der Waals surface area contributed by atoms with Gasteiger partial charge in [-0.3, -0.25) is 9.67 Å². The molecule has 19 heavy (non-hydrogen) atoms. The fraction of sp³-hybridized carbons (Fsp3) is 0.500. The van der Waals surface area contributed by atoms with Crippen LogP contribution in [0.3, 0.4) is 0 Å². The maximum absolute atomic E-state index is 4.67. The van der Waals surface area contributed by atoms with E-state index in [0.29, 0.717) is 6.04 Å². The maximum Gasteiger partial charge on any atom is 0.150 e. The summed E-state index contributed by atoms with van der Waals surface area (Å²) >= 11 is 0.